The highest BCUT2D eigenvalue weighted by Gasteiger charge is 2.25. The van der Waals surface area contributed by atoms with Crippen LogP contribution in [0.2, 0.25) is 0 Å². The van der Waals surface area contributed by atoms with Crippen molar-refractivity contribution in [1.29, 1.82) is 0 Å². The Hall–Kier alpha value is -1.08. The van der Waals surface area contributed by atoms with Crippen LogP contribution < -0.4 is 10.5 Å². The van der Waals surface area contributed by atoms with Gasteiger partial charge in [-0.1, -0.05) is 27.7 Å². The van der Waals surface area contributed by atoms with Gasteiger partial charge in [0.1, 0.15) is 0 Å². The first kappa shape index (κ1) is 16.0. The monoisotopic (exact) mass is 288 g/mol. The molecule has 0 unspecified atom stereocenters. The van der Waals surface area contributed by atoms with E-state index in [2.05, 4.69) is 37.4 Å². The Bertz CT molecular complexity index is 492. The molecule has 1 heterocycles. The molecule has 0 fully saturated rings. The molecule has 7 heteroatoms. The lowest BCUT2D eigenvalue weighted by atomic mass is 9.86. The SMILES string of the molecule is CC(C)C(CNS(=O)(=O)c1c(N)ncn1C)C(C)C. The van der Waals surface area contributed by atoms with Gasteiger partial charge in [-0.3, -0.25) is 0 Å². The highest BCUT2D eigenvalue weighted by molar-refractivity contribution is 7.89. The highest BCUT2D eigenvalue weighted by Crippen LogP contribution is 2.21. The summed E-state index contributed by atoms with van der Waals surface area (Å²) < 4.78 is 28.5. The second-order valence-corrected chi connectivity index (χ2v) is 7.23. The van der Waals surface area contributed by atoms with Gasteiger partial charge in [0.15, 0.2) is 10.8 Å². The fourth-order valence-corrected chi connectivity index (χ4v) is 3.58. The average Bonchev–Trinajstić information content (AvgIpc) is 2.57. The van der Waals surface area contributed by atoms with Crippen LogP contribution in [0, 0.1) is 17.8 Å². The Morgan fingerprint density at radius 3 is 2.21 bits per heavy atom. The summed E-state index contributed by atoms with van der Waals surface area (Å²) >= 11 is 0. The van der Waals surface area contributed by atoms with Gasteiger partial charge in [-0.2, -0.15) is 0 Å². The van der Waals surface area contributed by atoms with E-state index in [0.29, 0.717) is 18.4 Å². The van der Waals surface area contributed by atoms with Crippen molar-refractivity contribution in [2.45, 2.75) is 32.7 Å². The van der Waals surface area contributed by atoms with Crippen LogP contribution in [-0.4, -0.2) is 24.5 Å². The van der Waals surface area contributed by atoms with Crippen molar-refractivity contribution < 1.29 is 8.42 Å². The van der Waals surface area contributed by atoms with E-state index < -0.39 is 10.0 Å². The van der Waals surface area contributed by atoms with Crippen molar-refractivity contribution in [1.82, 2.24) is 14.3 Å². The third-order valence-electron chi connectivity index (χ3n) is 3.39. The summed E-state index contributed by atoms with van der Waals surface area (Å²) in [6.45, 7) is 8.78. The van der Waals surface area contributed by atoms with Gasteiger partial charge in [-0.15, -0.1) is 0 Å². The molecule has 19 heavy (non-hydrogen) atoms. The molecule has 0 aliphatic heterocycles. The topological polar surface area (TPSA) is 90.0 Å². The summed E-state index contributed by atoms with van der Waals surface area (Å²) in [5.41, 5.74) is 5.60. The maximum atomic E-state index is 12.2. The predicted octanol–water partition coefficient (Wildman–Crippen LogP) is 1.21. The first-order valence-corrected chi connectivity index (χ1v) is 7.91. The number of nitrogens with zero attached hydrogens (tertiary/aromatic N) is 2. The molecule has 0 amide bonds. The zero-order valence-electron chi connectivity index (χ0n) is 12.2. The van der Waals surface area contributed by atoms with Gasteiger partial charge in [0.25, 0.3) is 10.0 Å². The molecule has 0 saturated heterocycles. The number of aryl methyl sites for hydroxylation is 1. The van der Waals surface area contributed by atoms with E-state index in [9.17, 15) is 8.42 Å². The molecular weight excluding hydrogens is 264 g/mol. The van der Waals surface area contributed by atoms with E-state index in [-0.39, 0.29) is 16.8 Å². The minimum atomic E-state index is -3.61. The number of aromatic nitrogens is 2. The third-order valence-corrected chi connectivity index (χ3v) is 4.94. The van der Waals surface area contributed by atoms with E-state index in [1.165, 1.54) is 10.9 Å². The average molecular weight is 288 g/mol. The first-order valence-electron chi connectivity index (χ1n) is 6.43. The van der Waals surface area contributed by atoms with Crippen molar-refractivity contribution in [2.75, 3.05) is 12.3 Å². The number of imidazole rings is 1. The lowest BCUT2D eigenvalue weighted by Gasteiger charge is -2.25. The molecule has 1 aromatic rings. The quantitative estimate of drug-likeness (QED) is 0.823. The third kappa shape index (κ3) is 3.70. The maximum absolute atomic E-state index is 12.2. The molecule has 0 radical (unpaired) electrons. The van der Waals surface area contributed by atoms with Crippen LogP contribution in [-0.2, 0) is 17.1 Å². The molecule has 0 spiro atoms. The smallest absolute Gasteiger partial charge is 0.260 e. The van der Waals surface area contributed by atoms with Crippen LogP contribution in [0.3, 0.4) is 0 Å². The van der Waals surface area contributed by atoms with Crippen LogP contribution in [0.15, 0.2) is 11.4 Å². The van der Waals surface area contributed by atoms with Gasteiger partial charge in [-0.05, 0) is 17.8 Å². The fourth-order valence-electron chi connectivity index (χ4n) is 2.28. The standard InChI is InChI=1S/C12H24N4O2S/c1-8(2)10(9(3)4)6-15-19(17,18)12-11(13)14-7-16(12)5/h7-10,15H,6,13H2,1-5H3. The number of hydrogen-bond donors (Lipinski definition) is 2. The van der Waals surface area contributed by atoms with Gasteiger partial charge in [0.05, 0.1) is 6.33 Å². The van der Waals surface area contributed by atoms with Crippen LogP contribution >= 0.6 is 0 Å². The summed E-state index contributed by atoms with van der Waals surface area (Å²) in [5.74, 6) is 1.13. The molecule has 110 valence electrons. The minimum absolute atomic E-state index is 0.0266. The van der Waals surface area contributed by atoms with Crippen molar-refractivity contribution in [3.8, 4) is 0 Å². The largest absolute Gasteiger partial charge is 0.381 e. The number of nitrogens with two attached hydrogens (primary N) is 1. The zero-order chi connectivity index (χ0) is 14.8. The summed E-state index contributed by atoms with van der Waals surface area (Å²) in [7, 11) is -2.00. The lowest BCUT2D eigenvalue weighted by molar-refractivity contribution is 0.289. The van der Waals surface area contributed by atoms with Crippen molar-refractivity contribution in [3.05, 3.63) is 6.33 Å². The van der Waals surface area contributed by atoms with Gasteiger partial charge >= 0.3 is 0 Å². The van der Waals surface area contributed by atoms with E-state index in [0.717, 1.165) is 0 Å². The number of sulfonamides is 1. The highest BCUT2D eigenvalue weighted by atomic mass is 32.2. The molecule has 1 rings (SSSR count). The fraction of sp³-hybridized carbons (Fsp3) is 0.750. The zero-order valence-corrected chi connectivity index (χ0v) is 13.0. The number of rotatable bonds is 6. The van der Waals surface area contributed by atoms with Gasteiger partial charge in [-0.25, -0.2) is 18.1 Å². The number of hydrogen-bond acceptors (Lipinski definition) is 4. The van der Waals surface area contributed by atoms with Crippen LogP contribution in [0.25, 0.3) is 0 Å². The van der Waals surface area contributed by atoms with Gasteiger partial charge in [0, 0.05) is 13.6 Å². The normalized spacial score (nSPS) is 12.8. The van der Waals surface area contributed by atoms with Crippen LogP contribution in [0.5, 0.6) is 0 Å². The number of anilines is 1. The Morgan fingerprint density at radius 1 is 1.32 bits per heavy atom. The second-order valence-electron chi connectivity index (χ2n) is 5.55. The van der Waals surface area contributed by atoms with Crippen molar-refractivity contribution in [3.63, 3.8) is 0 Å². The number of nitrogen functional groups attached to an aromatic ring is 1. The Kier molecular flexibility index (Phi) is 4.98. The maximum Gasteiger partial charge on any atom is 0.260 e. The van der Waals surface area contributed by atoms with Crippen LogP contribution in [0.4, 0.5) is 5.82 Å². The molecular formula is C12H24N4O2S. The minimum Gasteiger partial charge on any atom is -0.381 e. The van der Waals surface area contributed by atoms with Crippen LogP contribution in [0.1, 0.15) is 27.7 Å². The van der Waals surface area contributed by atoms with E-state index in [1.807, 2.05) is 0 Å². The van der Waals surface area contributed by atoms with E-state index in [4.69, 9.17) is 5.73 Å². The van der Waals surface area contributed by atoms with E-state index >= 15 is 0 Å². The Balaban J connectivity index is 2.87. The molecule has 0 aliphatic rings. The molecule has 6 nitrogen and oxygen atoms in total. The van der Waals surface area contributed by atoms with Crippen molar-refractivity contribution in [2.24, 2.45) is 24.8 Å². The molecule has 0 atom stereocenters. The van der Waals surface area contributed by atoms with Crippen molar-refractivity contribution >= 4 is 15.8 Å². The lowest BCUT2D eigenvalue weighted by Crippen LogP contribution is -2.35. The summed E-state index contributed by atoms with van der Waals surface area (Å²) in [6, 6.07) is 0. The molecule has 0 aliphatic carbocycles. The molecule has 3 N–H and O–H groups in total. The van der Waals surface area contributed by atoms with Gasteiger partial charge < -0.3 is 10.3 Å². The number of nitrogens with one attached hydrogen (secondary N) is 1. The molecule has 1 aromatic heterocycles. The molecule has 0 saturated carbocycles. The van der Waals surface area contributed by atoms with Gasteiger partial charge in [0.2, 0.25) is 0 Å². The summed E-state index contributed by atoms with van der Waals surface area (Å²) in [5, 5.41) is 0.0266. The summed E-state index contributed by atoms with van der Waals surface area (Å²) in [4.78, 5) is 3.80. The Labute approximate surface area is 115 Å². The second kappa shape index (κ2) is 5.92. The van der Waals surface area contributed by atoms with E-state index in [1.54, 1.807) is 7.05 Å². The summed E-state index contributed by atoms with van der Waals surface area (Å²) in [6.07, 6.45) is 1.40. The molecule has 0 bridgehead atoms. The predicted molar refractivity (Wildman–Crippen MR) is 76.0 cm³/mol. The molecule has 0 aromatic carbocycles. The Morgan fingerprint density at radius 2 is 1.84 bits per heavy atom. The first-order chi connectivity index (χ1) is 8.66.